The zero-order valence-electron chi connectivity index (χ0n) is 17.2. The second-order valence-corrected chi connectivity index (χ2v) is 8.57. The molecule has 170 valence electrons. The van der Waals surface area contributed by atoms with Crippen molar-refractivity contribution in [3.63, 3.8) is 0 Å². The molecule has 0 radical (unpaired) electrons. The Bertz CT molecular complexity index is 607. The van der Waals surface area contributed by atoms with Crippen LogP contribution in [-0.2, 0) is 29.3 Å². The summed E-state index contributed by atoms with van der Waals surface area (Å²) in [6, 6.07) is 0. The predicted molar refractivity (Wildman–Crippen MR) is 106 cm³/mol. The molecule has 0 aliphatic rings. The van der Waals surface area contributed by atoms with Gasteiger partial charge in [0, 0.05) is 6.42 Å². The van der Waals surface area contributed by atoms with Crippen molar-refractivity contribution in [3.8, 4) is 0 Å². The number of unbranched alkanes of at least 4 members (excludes halogenated alkanes) is 8. The molecule has 2 amide bonds. The largest absolute Gasteiger partial charge is 0.374 e. The van der Waals surface area contributed by atoms with Crippen LogP contribution in [0.2, 0.25) is 0 Å². The monoisotopic (exact) mass is 438 g/mol. The van der Waals surface area contributed by atoms with E-state index in [1.165, 1.54) is 32.1 Å². The molecule has 0 saturated carbocycles. The molecule has 0 heterocycles. The summed E-state index contributed by atoms with van der Waals surface area (Å²) in [5, 5.41) is 8.76. The van der Waals surface area contributed by atoms with Gasteiger partial charge >= 0.3 is 5.97 Å². The molecule has 0 aromatic carbocycles. The molecule has 0 saturated heterocycles. The number of carbonyl (C=O) groups excluding carboxylic acids is 3. The molecule has 2 unspecified atom stereocenters. The molecule has 0 aromatic rings. The Hall–Kier alpha value is -1.72. The zero-order valence-corrected chi connectivity index (χ0v) is 18.0. The van der Waals surface area contributed by atoms with E-state index in [0.717, 1.165) is 26.2 Å². The molecule has 0 fully saturated rings. The smallest absolute Gasteiger partial charge is 0.334 e. The SMILES string of the molecule is CCCCCCCCCCCC(=O)NOC(=O)CC(C(=O)NC(C)O)S(=O)(=O)O. The van der Waals surface area contributed by atoms with Gasteiger partial charge in [0.1, 0.15) is 6.23 Å². The van der Waals surface area contributed by atoms with E-state index >= 15 is 0 Å². The molecule has 4 N–H and O–H groups in total. The van der Waals surface area contributed by atoms with Gasteiger partial charge in [-0.2, -0.15) is 13.9 Å². The van der Waals surface area contributed by atoms with E-state index < -0.39 is 45.8 Å². The summed E-state index contributed by atoms with van der Waals surface area (Å²) in [7, 11) is -4.91. The van der Waals surface area contributed by atoms with Crippen molar-refractivity contribution < 1.29 is 37.3 Å². The van der Waals surface area contributed by atoms with E-state index in [2.05, 4.69) is 11.8 Å². The first-order valence-electron chi connectivity index (χ1n) is 10.0. The fourth-order valence-corrected chi connectivity index (χ4v) is 3.27. The van der Waals surface area contributed by atoms with Crippen molar-refractivity contribution >= 4 is 27.9 Å². The summed E-state index contributed by atoms with van der Waals surface area (Å²) in [6.45, 7) is 3.33. The Morgan fingerprint density at radius 1 is 0.966 bits per heavy atom. The highest BCUT2D eigenvalue weighted by Crippen LogP contribution is 2.10. The number of nitrogens with one attached hydrogen (secondary N) is 2. The summed E-state index contributed by atoms with van der Waals surface area (Å²) in [4.78, 5) is 39.4. The van der Waals surface area contributed by atoms with Crippen molar-refractivity contribution in [2.24, 2.45) is 0 Å². The van der Waals surface area contributed by atoms with Gasteiger partial charge in [-0.1, -0.05) is 58.3 Å². The number of carbonyl (C=O) groups is 3. The van der Waals surface area contributed by atoms with Crippen LogP contribution in [0.25, 0.3) is 0 Å². The standard InChI is InChI=1S/C18H34N2O8S/c1-3-4-5-6-7-8-9-10-11-12-16(22)20-28-17(23)13-15(29(25,26)27)18(24)19-14(2)21/h14-15,21H,3-13H2,1-2H3,(H,19,24)(H,20,22)(H,25,26,27). The van der Waals surface area contributed by atoms with Gasteiger partial charge in [0.05, 0.1) is 6.42 Å². The molecule has 10 nitrogen and oxygen atoms in total. The third kappa shape index (κ3) is 14.9. The topological polar surface area (TPSA) is 159 Å². The molecule has 29 heavy (non-hydrogen) atoms. The quantitative estimate of drug-likeness (QED) is 0.130. The maximum Gasteiger partial charge on any atom is 0.334 e. The number of amides is 2. The Morgan fingerprint density at radius 3 is 1.97 bits per heavy atom. The summed E-state index contributed by atoms with van der Waals surface area (Å²) in [5.41, 5.74) is 1.90. The second kappa shape index (κ2) is 15.2. The summed E-state index contributed by atoms with van der Waals surface area (Å²) in [6.07, 6.45) is 7.53. The highest BCUT2D eigenvalue weighted by molar-refractivity contribution is 7.87. The Labute approximate surface area is 172 Å². The predicted octanol–water partition coefficient (Wildman–Crippen LogP) is 1.58. The highest BCUT2D eigenvalue weighted by atomic mass is 32.2. The van der Waals surface area contributed by atoms with E-state index in [4.69, 9.17) is 9.66 Å². The second-order valence-electron chi connectivity index (χ2n) is 6.97. The van der Waals surface area contributed by atoms with Crippen LogP contribution in [0, 0.1) is 0 Å². The van der Waals surface area contributed by atoms with E-state index in [0.29, 0.717) is 6.42 Å². The first-order valence-corrected chi connectivity index (χ1v) is 11.5. The van der Waals surface area contributed by atoms with Crippen LogP contribution in [0.15, 0.2) is 0 Å². The van der Waals surface area contributed by atoms with Crippen molar-refractivity contribution in [1.82, 2.24) is 10.8 Å². The van der Waals surface area contributed by atoms with Gasteiger partial charge < -0.3 is 15.3 Å². The molecular weight excluding hydrogens is 404 g/mol. The normalized spacial score (nSPS) is 13.4. The third-order valence-corrected chi connectivity index (χ3v) is 5.24. The number of hydrogen-bond donors (Lipinski definition) is 4. The molecule has 0 aromatic heterocycles. The molecular formula is C18H34N2O8S. The average Bonchev–Trinajstić information content (AvgIpc) is 2.61. The number of hydrogen-bond acceptors (Lipinski definition) is 7. The minimum absolute atomic E-state index is 0.146. The van der Waals surface area contributed by atoms with Crippen LogP contribution in [-0.4, -0.2) is 47.3 Å². The summed E-state index contributed by atoms with van der Waals surface area (Å²) in [5.74, 6) is -3.02. The number of aliphatic hydroxyl groups is 1. The van der Waals surface area contributed by atoms with E-state index in [1.54, 1.807) is 0 Å². The fourth-order valence-electron chi connectivity index (χ4n) is 2.59. The van der Waals surface area contributed by atoms with Gasteiger partial charge in [-0.05, 0) is 13.3 Å². The molecule has 0 aliphatic carbocycles. The Kier molecular flexibility index (Phi) is 14.3. The van der Waals surface area contributed by atoms with Gasteiger partial charge in [0.15, 0.2) is 5.25 Å². The Balaban J connectivity index is 4.07. The number of rotatable bonds is 15. The van der Waals surface area contributed by atoms with Gasteiger partial charge in [0.2, 0.25) is 5.91 Å². The lowest BCUT2D eigenvalue weighted by molar-refractivity contribution is -0.158. The molecule has 0 spiro atoms. The summed E-state index contributed by atoms with van der Waals surface area (Å²) >= 11 is 0. The molecule has 0 rings (SSSR count). The first-order chi connectivity index (χ1) is 13.6. The lowest BCUT2D eigenvalue weighted by atomic mass is 10.1. The summed E-state index contributed by atoms with van der Waals surface area (Å²) < 4.78 is 31.6. The van der Waals surface area contributed by atoms with Crippen LogP contribution in [0.4, 0.5) is 0 Å². The molecule has 11 heteroatoms. The minimum Gasteiger partial charge on any atom is -0.374 e. The molecule has 0 aliphatic heterocycles. The van der Waals surface area contributed by atoms with Crippen molar-refractivity contribution in [3.05, 3.63) is 0 Å². The van der Waals surface area contributed by atoms with Gasteiger partial charge in [-0.3, -0.25) is 14.1 Å². The van der Waals surface area contributed by atoms with Crippen molar-refractivity contribution in [2.75, 3.05) is 0 Å². The van der Waals surface area contributed by atoms with Gasteiger partial charge in [0.25, 0.3) is 16.0 Å². The number of hydroxylamine groups is 1. The maximum absolute atomic E-state index is 11.7. The maximum atomic E-state index is 11.7. The minimum atomic E-state index is -4.91. The lowest BCUT2D eigenvalue weighted by Crippen LogP contribution is -2.45. The van der Waals surface area contributed by atoms with E-state index in [1.807, 2.05) is 10.8 Å². The van der Waals surface area contributed by atoms with Crippen LogP contribution in [0.3, 0.4) is 0 Å². The van der Waals surface area contributed by atoms with Crippen LogP contribution >= 0.6 is 0 Å². The van der Waals surface area contributed by atoms with E-state index in [-0.39, 0.29) is 6.42 Å². The zero-order chi connectivity index (χ0) is 22.3. The fraction of sp³-hybridized carbons (Fsp3) is 0.833. The van der Waals surface area contributed by atoms with Crippen LogP contribution < -0.4 is 10.8 Å². The average molecular weight is 439 g/mol. The molecule has 0 bridgehead atoms. The first kappa shape index (κ1) is 27.3. The third-order valence-electron chi connectivity index (χ3n) is 4.14. The Morgan fingerprint density at radius 2 is 1.48 bits per heavy atom. The number of aliphatic hydroxyl groups excluding tert-OH is 1. The van der Waals surface area contributed by atoms with Crippen LogP contribution in [0.5, 0.6) is 0 Å². The van der Waals surface area contributed by atoms with Crippen molar-refractivity contribution in [2.45, 2.75) is 96.0 Å². The van der Waals surface area contributed by atoms with Gasteiger partial charge in [-0.25, -0.2) is 4.79 Å². The van der Waals surface area contributed by atoms with Crippen LogP contribution in [0.1, 0.15) is 84.5 Å². The van der Waals surface area contributed by atoms with Gasteiger partial charge in [-0.15, -0.1) is 0 Å². The van der Waals surface area contributed by atoms with Crippen molar-refractivity contribution in [1.29, 1.82) is 0 Å². The van der Waals surface area contributed by atoms with E-state index in [9.17, 15) is 22.8 Å². The highest BCUT2D eigenvalue weighted by Gasteiger charge is 2.34. The lowest BCUT2D eigenvalue weighted by Gasteiger charge is -2.15. The molecule has 2 atom stereocenters.